The fraction of sp³-hybridized carbons (Fsp3) is 0.355. The average molecular weight is 754 g/mol. The molecule has 0 unspecified atom stereocenters. The number of thiazole rings is 1. The molecular weight excluding hydrogens is 715 g/mol. The first-order chi connectivity index (χ1) is 21.7. The number of sulfonamides is 1. The molecule has 4 rings (SSSR count). The Morgan fingerprint density at radius 1 is 1.13 bits per heavy atom. The van der Waals surface area contributed by atoms with Crippen LogP contribution < -0.4 is 35.9 Å². The number of benzene rings is 2. The molecule has 254 valence electrons. The number of rotatable bonds is 13. The van der Waals surface area contributed by atoms with Crippen molar-refractivity contribution >= 4 is 43.9 Å². The molecule has 0 spiro atoms. The topological polar surface area (TPSA) is 127 Å². The summed E-state index contributed by atoms with van der Waals surface area (Å²) in [4.78, 5) is 31.5. The van der Waals surface area contributed by atoms with Gasteiger partial charge >= 0.3 is 5.97 Å². The summed E-state index contributed by atoms with van der Waals surface area (Å²) in [5.74, 6) is -1.65. The van der Waals surface area contributed by atoms with Crippen LogP contribution in [0.15, 0.2) is 71.6 Å². The van der Waals surface area contributed by atoms with Crippen LogP contribution in [0.25, 0.3) is 0 Å². The normalized spacial score (nSPS) is 11.6. The lowest BCUT2D eigenvalue weighted by Crippen LogP contribution is -3.00. The number of esters is 1. The molecule has 2 aromatic carbocycles. The van der Waals surface area contributed by atoms with Gasteiger partial charge in [-0.25, -0.2) is 31.7 Å². The molecule has 1 amide bonds. The zero-order valence-corrected chi connectivity index (χ0v) is 30.2. The van der Waals surface area contributed by atoms with Gasteiger partial charge in [0.1, 0.15) is 41.1 Å². The molecule has 0 aliphatic carbocycles. The van der Waals surface area contributed by atoms with E-state index in [2.05, 4.69) is 10.3 Å². The van der Waals surface area contributed by atoms with Gasteiger partial charge in [-0.1, -0.05) is 12.1 Å². The van der Waals surface area contributed by atoms with Gasteiger partial charge in [0.2, 0.25) is 6.33 Å². The highest BCUT2D eigenvalue weighted by Crippen LogP contribution is 2.34. The lowest BCUT2D eigenvalue weighted by Gasteiger charge is -2.25. The maximum atomic E-state index is 15.4. The van der Waals surface area contributed by atoms with Crippen molar-refractivity contribution in [2.75, 3.05) is 37.4 Å². The van der Waals surface area contributed by atoms with Crippen LogP contribution >= 0.6 is 11.3 Å². The Morgan fingerprint density at radius 2 is 1.83 bits per heavy atom. The fourth-order valence-electron chi connectivity index (χ4n) is 4.27. The number of amides is 1. The van der Waals surface area contributed by atoms with Gasteiger partial charge in [-0.15, -0.1) is 11.3 Å². The largest absolute Gasteiger partial charge is 1.00 e. The number of hydrogen-bond acceptors (Lipinski definition) is 9. The molecule has 0 saturated carbocycles. The number of anilines is 2. The number of nitrogens with one attached hydrogen (secondary N) is 1. The van der Waals surface area contributed by atoms with Gasteiger partial charge in [0, 0.05) is 6.54 Å². The molecule has 0 radical (unpaired) electrons. The lowest BCUT2D eigenvalue weighted by atomic mass is 10.2. The van der Waals surface area contributed by atoms with Crippen molar-refractivity contribution in [3.8, 4) is 5.75 Å². The van der Waals surface area contributed by atoms with Crippen molar-refractivity contribution in [2.24, 2.45) is 0 Å². The molecule has 0 aliphatic rings. The first-order valence-corrected chi connectivity index (χ1v) is 16.6. The van der Waals surface area contributed by atoms with Gasteiger partial charge in [0.05, 0.1) is 29.7 Å². The molecule has 0 saturated heterocycles. The number of likely N-dealkylation sites (N-methyl/N-ethyl adjacent to an activating group) is 1. The third-order valence-corrected chi connectivity index (χ3v) is 9.24. The van der Waals surface area contributed by atoms with Crippen molar-refractivity contribution in [3.05, 3.63) is 83.8 Å². The van der Waals surface area contributed by atoms with Crippen LogP contribution in [-0.2, 0) is 39.2 Å². The molecule has 1 N–H and O–H groups in total. The summed E-state index contributed by atoms with van der Waals surface area (Å²) >= 11 is 0.936. The third-order valence-electron chi connectivity index (χ3n) is 6.53. The molecule has 2 aromatic heterocycles. The van der Waals surface area contributed by atoms with Gasteiger partial charge in [-0.05, 0) is 70.8 Å². The van der Waals surface area contributed by atoms with Crippen LogP contribution in [0, 0.1) is 5.82 Å². The number of halogens is 2. The maximum Gasteiger partial charge on any atom is 0.360 e. The quantitative estimate of drug-likeness (QED) is 0.158. The third kappa shape index (κ3) is 10.1. The molecule has 47 heavy (non-hydrogen) atoms. The summed E-state index contributed by atoms with van der Waals surface area (Å²) in [6.45, 7) is 6.36. The van der Waals surface area contributed by atoms with Crippen LogP contribution in [-0.4, -0.2) is 68.1 Å². The van der Waals surface area contributed by atoms with E-state index in [0.717, 1.165) is 34.8 Å². The predicted octanol–water partition coefficient (Wildman–Crippen LogP) is 0.935. The minimum Gasteiger partial charge on any atom is -1.00 e. The van der Waals surface area contributed by atoms with E-state index in [1.165, 1.54) is 24.8 Å². The SMILES string of the molecule is COc1ccc(CN(c2scnc2C(=O)OC(C)(C)C)S(=O)(=O)c2ccc(NC(=O)C[n+]3ccn(CCN(C)C)c3)c(F)c2)cc1.[Br-]. The van der Waals surface area contributed by atoms with E-state index in [4.69, 9.17) is 9.47 Å². The van der Waals surface area contributed by atoms with Crippen molar-refractivity contribution in [1.29, 1.82) is 0 Å². The van der Waals surface area contributed by atoms with Gasteiger partial charge in [0.25, 0.3) is 15.9 Å². The Kier molecular flexibility index (Phi) is 12.7. The number of methoxy groups -OCH3 is 1. The van der Waals surface area contributed by atoms with E-state index in [-0.39, 0.29) is 51.3 Å². The molecular formula is C31H38BrFN6O6S2. The monoisotopic (exact) mass is 752 g/mol. The Labute approximate surface area is 288 Å². The van der Waals surface area contributed by atoms with Gasteiger partial charge < -0.3 is 36.7 Å². The maximum absolute atomic E-state index is 15.4. The number of ether oxygens (including phenoxy) is 2. The molecule has 2 heterocycles. The Hall–Kier alpha value is -3.86. The fourth-order valence-corrected chi connectivity index (χ4v) is 6.75. The zero-order chi connectivity index (χ0) is 33.6. The minimum absolute atomic E-state index is 0. The van der Waals surface area contributed by atoms with E-state index in [9.17, 15) is 18.0 Å². The summed E-state index contributed by atoms with van der Waals surface area (Å²) < 4.78 is 58.8. The second-order valence-corrected chi connectivity index (χ2v) is 14.4. The van der Waals surface area contributed by atoms with Crippen LogP contribution in [0.4, 0.5) is 15.1 Å². The van der Waals surface area contributed by atoms with Crippen LogP contribution in [0.2, 0.25) is 0 Å². The number of nitrogens with zero attached hydrogens (tertiary/aromatic N) is 5. The van der Waals surface area contributed by atoms with Crippen molar-refractivity contribution in [1.82, 2.24) is 14.5 Å². The van der Waals surface area contributed by atoms with Crippen LogP contribution in [0.5, 0.6) is 5.75 Å². The summed E-state index contributed by atoms with van der Waals surface area (Å²) in [5.41, 5.74) is 0.708. The highest BCUT2D eigenvalue weighted by atomic mass is 79.9. The van der Waals surface area contributed by atoms with Gasteiger partial charge in [-0.3, -0.25) is 9.10 Å². The minimum atomic E-state index is -4.46. The molecule has 0 bridgehead atoms. The Bertz CT molecular complexity index is 1790. The van der Waals surface area contributed by atoms with Crippen molar-refractivity contribution in [2.45, 2.75) is 50.9 Å². The molecule has 12 nitrogen and oxygen atoms in total. The second-order valence-electron chi connectivity index (χ2n) is 11.7. The second kappa shape index (κ2) is 15.8. The van der Waals surface area contributed by atoms with Crippen molar-refractivity contribution < 1.29 is 53.4 Å². The van der Waals surface area contributed by atoms with Crippen LogP contribution in [0.3, 0.4) is 0 Å². The highest BCUT2D eigenvalue weighted by Gasteiger charge is 2.33. The number of aromatic nitrogens is 3. The molecule has 16 heteroatoms. The molecule has 0 aliphatic heterocycles. The summed E-state index contributed by atoms with van der Waals surface area (Å²) in [6, 6.07) is 9.96. The Morgan fingerprint density at radius 3 is 2.45 bits per heavy atom. The number of imidazole rings is 1. The van der Waals surface area contributed by atoms with Crippen LogP contribution in [0.1, 0.15) is 36.8 Å². The van der Waals surface area contributed by atoms with E-state index < -0.39 is 33.3 Å². The Balaban J connectivity index is 0.00000600. The van der Waals surface area contributed by atoms with E-state index in [0.29, 0.717) is 11.3 Å². The standard InChI is InChI=1S/C31H37FN6O6S2.BrH/c1-31(2,3)44-30(40)28-29(45-20-33-28)38(18-22-7-9-23(43-6)10-8-22)46(41,42)24-11-12-26(25(32)17-24)34-27(39)19-37-16-15-36(21-37)14-13-35(4)5;/h7-12,15-17,20-21H,13-14,18-19H2,1-6H3;1H. The zero-order valence-electron chi connectivity index (χ0n) is 26.9. The summed E-state index contributed by atoms with van der Waals surface area (Å²) in [6.07, 6.45) is 5.35. The first-order valence-electron chi connectivity index (χ1n) is 14.3. The average Bonchev–Trinajstić information content (AvgIpc) is 3.65. The summed E-state index contributed by atoms with van der Waals surface area (Å²) in [7, 11) is 0.987. The smallest absolute Gasteiger partial charge is 0.360 e. The number of carbonyl (C=O) groups is 2. The first kappa shape index (κ1) is 37.6. The van der Waals surface area contributed by atoms with Gasteiger partial charge in [-0.2, -0.15) is 0 Å². The van der Waals surface area contributed by atoms with E-state index >= 15 is 4.39 Å². The van der Waals surface area contributed by atoms with Crippen molar-refractivity contribution in [3.63, 3.8) is 0 Å². The number of carbonyl (C=O) groups excluding carboxylic acids is 2. The van der Waals surface area contributed by atoms with Gasteiger partial charge in [0.15, 0.2) is 12.2 Å². The highest BCUT2D eigenvalue weighted by molar-refractivity contribution is 7.93. The van der Waals surface area contributed by atoms with E-state index in [1.54, 1.807) is 62.1 Å². The molecule has 4 aromatic rings. The molecule has 0 atom stereocenters. The lowest BCUT2D eigenvalue weighted by molar-refractivity contribution is -0.683. The predicted molar refractivity (Wildman–Crippen MR) is 172 cm³/mol. The number of hydrogen-bond donors (Lipinski definition) is 1. The molecule has 0 fully saturated rings. The summed E-state index contributed by atoms with van der Waals surface area (Å²) in [5, 5.41) is 2.52. The van der Waals surface area contributed by atoms with E-state index in [1.807, 2.05) is 29.8 Å².